The maximum atomic E-state index is 12.6. The number of benzene rings is 3. The lowest BCUT2D eigenvalue weighted by Gasteiger charge is -2.09. The molecule has 0 heterocycles. The van der Waals surface area contributed by atoms with Gasteiger partial charge in [-0.1, -0.05) is 30.3 Å². The minimum atomic E-state index is -3.82. The normalized spacial score (nSPS) is 12.1. The molecule has 0 radical (unpaired) electrons. The van der Waals surface area contributed by atoms with Crippen LogP contribution >= 0.6 is 0 Å². The number of hydrogen-bond donors (Lipinski definition) is 1. The molecular formula is C19H14N2O4S2. The maximum Gasteiger partial charge on any atom is 0.261 e. The first-order chi connectivity index (χ1) is 12.8. The molecule has 0 aromatic heterocycles. The van der Waals surface area contributed by atoms with Crippen LogP contribution in [-0.2, 0) is 19.9 Å². The predicted octanol–water partition coefficient (Wildman–Crippen LogP) is 3.45. The highest BCUT2D eigenvalue weighted by molar-refractivity contribution is 7.94. The summed E-state index contributed by atoms with van der Waals surface area (Å²) in [5.74, 6) is 0. The van der Waals surface area contributed by atoms with Crippen LogP contribution in [0.3, 0.4) is 0 Å². The first kappa shape index (κ1) is 18.6. The fourth-order valence-corrected chi connectivity index (χ4v) is 4.47. The summed E-state index contributed by atoms with van der Waals surface area (Å²) in [7, 11) is -7.56. The van der Waals surface area contributed by atoms with Gasteiger partial charge in [0.1, 0.15) is 0 Å². The minimum absolute atomic E-state index is 0.0392. The molecule has 0 spiro atoms. The van der Waals surface area contributed by atoms with E-state index in [-0.39, 0.29) is 15.5 Å². The number of fused-ring (bicyclic) bond motifs is 1. The molecule has 0 fully saturated rings. The van der Waals surface area contributed by atoms with E-state index in [4.69, 9.17) is 5.26 Å². The smallest absolute Gasteiger partial charge is 0.261 e. The Morgan fingerprint density at radius 1 is 0.815 bits per heavy atom. The van der Waals surface area contributed by atoms with E-state index in [2.05, 4.69) is 4.72 Å². The molecule has 0 bridgehead atoms. The van der Waals surface area contributed by atoms with Crippen molar-refractivity contribution in [2.24, 2.45) is 0 Å². The van der Waals surface area contributed by atoms with Gasteiger partial charge in [-0.05, 0) is 47.2 Å². The molecule has 27 heavy (non-hydrogen) atoms. The van der Waals surface area contributed by atoms with Gasteiger partial charge in [-0.25, -0.2) is 16.8 Å². The van der Waals surface area contributed by atoms with E-state index in [0.717, 1.165) is 22.3 Å². The second kappa shape index (κ2) is 7.23. The summed E-state index contributed by atoms with van der Waals surface area (Å²) >= 11 is 0. The van der Waals surface area contributed by atoms with Crippen LogP contribution in [0.4, 0.5) is 5.69 Å². The highest BCUT2D eigenvalue weighted by Gasteiger charge is 2.16. The molecule has 1 N–H and O–H groups in total. The highest BCUT2D eigenvalue weighted by Crippen LogP contribution is 2.22. The van der Waals surface area contributed by atoms with Crippen molar-refractivity contribution in [1.29, 1.82) is 5.26 Å². The van der Waals surface area contributed by atoms with Gasteiger partial charge in [0.25, 0.3) is 10.0 Å². The Hall–Kier alpha value is -3.15. The highest BCUT2D eigenvalue weighted by atomic mass is 32.2. The van der Waals surface area contributed by atoms with E-state index >= 15 is 0 Å². The number of rotatable bonds is 5. The molecule has 3 rings (SSSR count). The van der Waals surface area contributed by atoms with Crippen molar-refractivity contribution >= 4 is 36.3 Å². The van der Waals surface area contributed by atoms with E-state index in [1.165, 1.54) is 30.3 Å². The average Bonchev–Trinajstić information content (AvgIpc) is 2.66. The first-order valence-corrected chi connectivity index (χ1v) is 10.8. The first-order valence-electron chi connectivity index (χ1n) is 7.75. The Morgan fingerprint density at radius 3 is 2.11 bits per heavy atom. The Bertz CT molecular complexity index is 1270. The van der Waals surface area contributed by atoms with E-state index in [1.54, 1.807) is 18.2 Å². The van der Waals surface area contributed by atoms with Crippen molar-refractivity contribution in [3.05, 3.63) is 78.2 Å². The van der Waals surface area contributed by atoms with Gasteiger partial charge in [-0.15, -0.1) is 0 Å². The number of allylic oxidation sites excluding steroid dienone is 1. The molecule has 0 aliphatic heterocycles. The minimum Gasteiger partial charge on any atom is -0.280 e. The number of sulfone groups is 1. The Balaban J connectivity index is 1.87. The second-order valence-electron chi connectivity index (χ2n) is 5.62. The van der Waals surface area contributed by atoms with Crippen molar-refractivity contribution < 1.29 is 16.8 Å². The molecule has 3 aromatic carbocycles. The zero-order chi connectivity index (χ0) is 19.5. The SMILES string of the molecule is N#C/C=C/S(=O)(=O)c1ccc(NS(=O)(=O)c2ccc3ccccc3c2)cc1. The molecule has 0 aliphatic carbocycles. The van der Waals surface area contributed by atoms with E-state index in [1.807, 2.05) is 24.3 Å². The van der Waals surface area contributed by atoms with Gasteiger partial charge >= 0.3 is 0 Å². The summed E-state index contributed by atoms with van der Waals surface area (Å²) in [6.45, 7) is 0. The van der Waals surface area contributed by atoms with Crippen LogP contribution in [0.25, 0.3) is 10.8 Å². The van der Waals surface area contributed by atoms with Crippen molar-refractivity contribution in [2.75, 3.05) is 4.72 Å². The van der Waals surface area contributed by atoms with E-state index < -0.39 is 19.9 Å². The van der Waals surface area contributed by atoms with Gasteiger partial charge in [0.05, 0.1) is 15.9 Å². The molecule has 0 amide bonds. The lowest BCUT2D eigenvalue weighted by molar-refractivity contribution is 0.601. The molecule has 0 saturated carbocycles. The van der Waals surface area contributed by atoms with Crippen LogP contribution in [0, 0.1) is 11.3 Å². The maximum absolute atomic E-state index is 12.6. The molecule has 0 saturated heterocycles. The Labute approximate surface area is 157 Å². The number of nitrogens with zero attached hydrogens (tertiary/aromatic N) is 1. The molecule has 0 aliphatic rings. The zero-order valence-electron chi connectivity index (χ0n) is 13.9. The summed E-state index contributed by atoms with van der Waals surface area (Å²) in [5, 5.41) is 11.0. The molecular weight excluding hydrogens is 384 g/mol. The van der Waals surface area contributed by atoms with Gasteiger partial charge < -0.3 is 0 Å². The molecule has 0 unspecified atom stereocenters. The standard InChI is InChI=1S/C19H14N2O4S2/c20-12-3-13-26(22,23)18-10-7-17(8-11-18)21-27(24,25)19-9-6-15-4-1-2-5-16(15)14-19/h1-11,13-14,21H/b13-3+. The average molecular weight is 398 g/mol. The lowest BCUT2D eigenvalue weighted by Crippen LogP contribution is -2.13. The number of sulfonamides is 1. The predicted molar refractivity (Wildman–Crippen MR) is 103 cm³/mol. The van der Waals surface area contributed by atoms with Crippen LogP contribution in [-0.4, -0.2) is 16.8 Å². The fraction of sp³-hybridized carbons (Fsp3) is 0. The van der Waals surface area contributed by atoms with Crippen molar-refractivity contribution in [1.82, 2.24) is 0 Å². The number of nitriles is 1. The van der Waals surface area contributed by atoms with Gasteiger partial charge in [0, 0.05) is 17.2 Å². The summed E-state index contributed by atoms with van der Waals surface area (Å²) in [5.41, 5.74) is 0.228. The van der Waals surface area contributed by atoms with Crippen LogP contribution in [0.1, 0.15) is 0 Å². The Kier molecular flexibility index (Phi) is 4.99. The van der Waals surface area contributed by atoms with Crippen LogP contribution in [0.2, 0.25) is 0 Å². The third-order valence-electron chi connectivity index (χ3n) is 3.79. The third kappa shape index (κ3) is 4.16. The van der Waals surface area contributed by atoms with E-state index in [9.17, 15) is 16.8 Å². The van der Waals surface area contributed by atoms with Crippen LogP contribution in [0.15, 0.2) is 88.0 Å². The monoisotopic (exact) mass is 398 g/mol. The third-order valence-corrected chi connectivity index (χ3v) is 6.59. The molecule has 136 valence electrons. The van der Waals surface area contributed by atoms with Gasteiger partial charge in [-0.3, -0.25) is 4.72 Å². The second-order valence-corrected chi connectivity index (χ2v) is 9.13. The summed E-state index contributed by atoms with van der Waals surface area (Å²) in [6, 6.07) is 19.1. The van der Waals surface area contributed by atoms with Crippen LogP contribution < -0.4 is 4.72 Å². The largest absolute Gasteiger partial charge is 0.280 e. The zero-order valence-corrected chi connectivity index (χ0v) is 15.5. The van der Waals surface area contributed by atoms with Gasteiger partial charge in [0.2, 0.25) is 9.84 Å². The lowest BCUT2D eigenvalue weighted by atomic mass is 10.1. The van der Waals surface area contributed by atoms with Gasteiger partial charge in [0.15, 0.2) is 0 Å². The van der Waals surface area contributed by atoms with Gasteiger partial charge in [-0.2, -0.15) is 5.26 Å². The summed E-state index contributed by atoms with van der Waals surface area (Å²) in [4.78, 5) is 0.0671. The quantitative estimate of drug-likeness (QED) is 0.663. The molecule has 8 heteroatoms. The fourth-order valence-electron chi connectivity index (χ4n) is 2.46. The van der Waals surface area contributed by atoms with E-state index in [0.29, 0.717) is 0 Å². The number of hydrogen-bond acceptors (Lipinski definition) is 5. The topological polar surface area (TPSA) is 104 Å². The number of anilines is 1. The number of nitrogens with one attached hydrogen (secondary N) is 1. The van der Waals surface area contributed by atoms with Crippen molar-refractivity contribution in [2.45, 2.75) is 9.79 Å². The molecule has 3 aromatic rings. The summed E-state index contributed by atoms with van der Waals surface area (Å²) < 4.78 is 51.5. The summed E-state index contributed by atoms with van der Waals surface area (Å²) in [6.07, 6.45) is 0.867. The van der Waals surface area contributed by atoms with Crippen molar-refractivity contribution in [3.63, 3.8) is 0 Å². The molecule has 0 atom stereocenters. The molecule has 6 nitrogen and oxygen atoms in total. The Morgan fingerprint density at radius 2 is 1.44 bits per heavy atom. The van der Waals surface area contributed by atoms with Crippen molar-refractivity contribution in [3.8, 4) is 6.07 Å². The van der Waals surface area contributed by atoms with Crippen LogP contribution in [0.5, 0.6) is 0 Å².